The van der Waals surface area contributed by atoms with E-state index in [2.05, 4.69) is 24.5 Å². The second kappa shape index (κ2) is 7.67. The van der Waals surface area contributed by atoms with Gasteiger partial charge in [0.05, 0.1) is 6.42 Å². The molecule has 1 unspecified atom stereocenters. The number of hydrogen-bond acceptors (Lipinski definition) is 2. The zero-order valence-electron chi connectivity index (χ0n) is 13.1. The minimum absolute atomic E-state index is 0.0747. The number of anilines is 1. The highest BCUT2D eigenvalue weighted by atomic mass is 16.4. The fourth-order valence-corrected chi connectivity index (χ4v) is 2.19. The van der Waals surface area contributed by atoms with E-state index in [4.69, 9.17) is 5.11 Å². The SMILES string of the molecule is CCC(CC(=O)O)NC(=O)Nc1c(C)cccc1C(C)C. The zero-order valence-corrected chi connectivity index (χ0v) is 13.1. The maximum atomic E-state index is 12.1. The minimum atomic E-state index is -0.916. The predicted molar refractivity (Wildman–Crippen MR) is 83.8 cm³/mol. The number of carbonyl (C=O) groups excluding carboxylic acids is 1. The van der Waals surface area contributed by atoms with Crippen molar-refractivity contribution in [2.24, 2.45) is 0 Å². The number of hydrogen-bond donors (Lipinski definition) is 3. The van der Waals surface area contributed by atoms with Gasteiger partial charge in [0, 0.05) is 11.7 Å². The lowest BCUT2D eigenvalue weighted by Crippen LogP contribution is -2.39. The monoisotopic (exact) mass is 292 g/mol. The molecular weight excluding hydrogens is 268 g/mol. The molecule has 21 heavy (non-hydrogen) atoms. The van der Waals surface area contributed by atoms with Gasteiger partial charge in [0.25, 0.3) is 0 Å². The smallest absolute Gasteiger partial charge is 0.319 e. The van der Waals surface area contributed by atoms with Crippen molar-refractivity contribution in [1.29, 1.82) is 0 Å². The third-order valence-corrected chi connectivity index (χ3v) is 3.41. The summed E-state index contributed by atoms with van der Waals surface area (Å²) in [4.78, 5) is 22.8. The molecule has 3 N–H and O–H groups in total. The van der Waals surface area contributed by atoms with Gasteiger partial charge in [-0.3, -0.25) is 4.79 Å². The van der Waals surface area contributed by atoms with Crippen molar-refractivity contribution in [3.05, 3.63) is 29.3 Å². The molecule has 0 saturated heterocycles. The molecular formula is C16H24N2O3. The number of aryl methyl sites for hydroxylation is 1. The summed E-state index contributed by atoms with van der Waals surface area (Å²) in [6.07, 6.45) is 0.499. The Bertz CT molecular complexity index is 512. The third kappa shape index (κ3) is 5.10. The topological polar surface area (TPSA) is 78.4 Å². The number of carbonyl (C=O) groups is 2. The average Bonchev–Trinajstić information content (AvgIpc) is 2.39. The highest BCUT2D eigenvalue weighted by Crippen LogP contribution is 2.27. The standard InChI is InChI=1S/C16H24N2O3/c1-5-12(9-14(19)20)17-16(21)18-15-11(4)7-6-8-13(15)10(2)3/h6-8,10,12H,5,9H2,1-4H3,(H,19,20)(H2,17,18,21). The first-order valence-electron chi connectivity index (χ1n) is 7.24. The Kier molecular flexibility index (Phi) is 6.21. The summed E-state index contributed by atoms with van der Waals surface area (Å²) in [6.45, 7) is 7.92. The molecule has 0 aliphatic carbocycles. The van der Waals surface area contributed by atoms with E-state index in [-0.39, 0.29) is 18.5 Å². The van der Waals surface area contributed by atoms with Crippen LogP contribution < -0.4 is 10.6 Å². The Hall–Kier alpha value is -2.04. The summed E-state index contributed by atoms with van der Waals surface area (Å²) in [6, 6.07) is 5.17. The lowest BCUT2D eigenvalue weighted by Gasteiger charge is -2.19. The number of carboxylic acid groups (broad SMARTS) is 1. The number of rotatable bonds is 6. The molecule has 1 aromatic rings. The van der Waals surface area contributed by atoms with Crippen LogP contribution in [0.5, 0.6) is 0 Å². The number of amides is 2. The first kappa shape index (κ1) is 17.0. The van der Waals surface area contributed by atoms with Gasteiger partial charge in [-0.1, -0.05) is 39.0 Å². The maximum Gasteiger partial charge on any atom is 0.319 e. The molecule has 1 rings (SSSR count). The fourth-order valence-electron chi connectivity index (χ4n) is 2.19. The first-order valence-corrected chi connectivity index (χ1v) is 7.24. The Morgan fingerprint density at radius 1 is 1.29 bits per heavy atom. The predicted octanol–water partition coefficient (Wildman–Crippen LogP) is 3.49. The summed E-state index contributed by atoms with van der Waals surface area (Å²) in [7, 11) is 0. The van der Waals surface area contributed by atoms with Gasteiger partial charge in [0.1, 0.15) is 0 Å². The van der Waals surface area contributed by atoms with Crippen molar-refractivity contribution in [3.63, 3.8) is 0 Å². The van der Waals surface area contributed by atoms with Crippen LogP contribution in [0.2, 0.25) is 0 Å². The van der Waals surface area contributed by atoms with Gasteiger partial charge in [0.2, 0.25) is 0 Å². The van der Waals surface area contributed by atoms with Crippen molar-refractivity contribution in [2.75, 3.05) is 5.32 Å². The van der Waals surface area contributed by atoms with Crippen LogP contribution in [0.1, 0.15) is 50.7 Å². The van der Waals surface area contributed by atoms with E-state index >= 15 is 0 Å². The van der Waals surface area contributed by atoms with Gasteiger partial charge >= 0.3 is 12.0 Å². The molecule has 1 atom stereocenters. The molecule has 116 valence electrons. The molecule has 5 nitrogen and oxygen atoms in total. The largest absolute Gasteiger partial charge is 0.481 e. The summed E-state index contributed by atoms with van der Waals surface area (Å²) in [5.41, 5.74) is 2.86. The number of carboxylic acids is 1. The molecule has 0 radical (unpaired) electrons. The van der Waals surface area contributed by atoms with Crippen LogP contribution in [0.15, 0.2) is 18.2 Å². The molecule has 5 heteroatoms. The number of aliphatic carboxylic acids is 1. The van der Waals surface area contributed by atoms with Crippen LogP contribution >= 0.6 is 0 Å². The summed E-state index contributed by atoms with van der Waals surface area (Å²) >= 11 is 0. The Morgan fingerprint density at radius 3 is 2.48 bits per heavy atom. The van der Waals surface area contributed by atoms with Crippen LogP contribution in [0.3, 0.4) is 0 Å². The van der Waals surface area contributed by atoms with Crippen molar-refractivity contribution >= 4 is 17.7 Å². The molecule has 0 aromatic heterocycles. The van der Waals surface area contributed by atoms with E-state index < -0.39 is 5.97 Å². The third-order valence-electron chi connectivity index (χ3n) is 3.41. The Morgan fingerprint density at radius 2 is 1.95 bits per heavy atom. The van der Waals surface area contributed by atoms with Gasteiger partial charge < -0.3 is 15.7 Å². The lowest BCUT2D eigenvalue weighted by atomic mass is 9.98. The van der Waals surface area contributed by atoms with Gasteiger partial charge in [0.15, 0.2) is 0 Å². The second-order valence-electron chi connectivity index (χ2n) is 5.50. The number of urea groups is 1. The van der Waals surface area contributed by atoms with Gasteiger partial charge in [-0.15, -0.1) is 0 Å². The Labute approximate surface area is 125 Å². The van der Waals surface area contributed by atoms with E-state index in [1.807, 2.05) is 32.0 Å². The number of para-hydroxylation sites is 1. The normalized spacial score (nSPS) is 12.0. The summed E-state index contributed by atoms with van der Waals surface area (Å²) in [5, 5.41) is 14.4. The molecule has 1 aromatic carbocycles. The van der Waals surface area contributed by atoms with E-state index in [1.54, 1.807) is 0 Å². The van der Waals surface area contributed by atoms with Crippen LogP contribution in [-0.2, 0) is 4.79 Å². The number of benzene rings is 1. The number of nitrogens with one attached hydrogen (secondary N) is 2. The van der Waals surface area contributed by atoms with E-state index in [0.717, 1.165) is 16.8 Å². The van der Waals surface area contributed by atoms with E-state index in [1.165, 1.54) is 0 Å². The molecule has 0 spiro atoms. The molecule has 2 amide bonds. The highest BCUT2D eigenvalue weighted by Gasteiger charge is 2.16. The second-order valence-corrected chi connectivity index (χ2v) is 5.50. The quantitative estimate of drug-likeness (QED) is 0.751. The highest BCUT2D eigenvalue weighted by molar-refractivity contribution is 5.91. The molecule has 0 heterocycles. The van der Waals surface area contributed by atoms with Crippen molar-refractivity contribution in [3.8, 4) is 0 Å². The van der Waals surface area contributed by atoms with Gasteiger partial charge in [-0.2, -0.15) is 0 Å². The fraction of sp³-hybridized carbons (Fsp3) is 0.500. The first-order chi connectivity index (χ1) is 9.85. The van der Waals surface area contributed by atoms with Crippen molar-refractivity contribution < 1.29 is 14.7 Å². The van der Waals surface area contributed by atoms with Crippen molar-refractivity contribution in [1.82, 2.24) is 5.32 Å². The van der Waals surface area contributed by atoms with Crippen LogP contribution in [0.4, 0.5) is 10.5 Å². The molecule has 0 bridgehead atoms. The van der Waals surface area contributed by atoms with Gasteiger partial charge in [-0.05, 0) is 30.4 Å². The maximum absolute atomic E-state index is 12.1. The van der Waals surface area contributed by atoms with Crippen LogP contribution in [0, 0.1) is 6.92 Å². The zero-order chi connectivity index (χ0) is 16.0. The molecule has 0 fully saturated rings. The Balaban J connectivity index is 2.81. The van der Waals surface area contributed by atoms with Crippen LogP contribution in [0.25, 0.3) is 0 Å². The average molecular weight is 292 g/mol. The van der Waals surface area contributed by atoms with E-state index in [9.17, 15) is 9.59 Å². The molecule has 0 saturated carbocycles. The summed E-state index contributed by atoms with van der Waals surface area (Å²) < 4.78 is 0. The van der Waals surface area contributed by atoms with E-state index in [0.29, 0.717) is 12.3 Å². The van der Waals surface area contributed by atoms with Crippen LogP contribution in [-0.4, -0.2) is 23.1 Å². The molecule has 0 aliphatic rings. The summed E-state index contributed by atoms with van der Waals surface area (Å²) in [5.74, 6) is -0.623. The van der Waals surface area contributed by atoms with Crippen molar-refractivity contribution in [2.45, 2.75) is 52.5 Å². The minimum Gasteiger partial charge on any atom is -0.481 e. The molecule has 0 aliphatic heterocycles. The van der Waals surface area contributed by atoms with Gasteiger partial charge in [-0.25, -0.2) is 4.79 Å². The lowest BCUT2D eigenvalue weighted by molar-refractivity contribution is -0.137.